The zero-order valence-corrected chi connectivity index (χ0v) is 15.1. The molecule has 0 aromatic heterocycles. The molecule has 1 fully saturated rings. The molecule has 0 amide bonds. The lowest BCUT2D eigenvalue weighted by Crippen LogP contribution is -2.38. The molecule has 3 atom stereocenters. The highest BCUT2D eigenvalue weighted by molar-refractivity contribution is 4.82. The second-order valence-electron chi connectivity index (χ2n) is 7.54. The fourth-order valence-electron chi connectivity index (χ4n) is 4.09. The van der Waals surface area contributed by atoms with Crippen LogP contribution in [0.4, 0.5) is 0 Å². The molecule has 0 heterocycles. The van der Waals surface area contributed by atoms with Gasteiger partial charge in [-0.3, -0.25) is 0 Å². The first kappa shape index (κ1) is 19.0. The standard InChI is InChI=1S/C20H41N/c1-4-5-6-7-8-9-10-11-12-13-14-19-17-18(2)15-16-20(19)21-3/h18-21H,4-17H2,1-3H3. The average molecular weight is 296 g/mol. The van der Waals surface area contributed by atoms with Crippen LogP contribution in [0.1, 0.15) is 104 Å². The monoisotopic (exact) mass is 295 g/mol. The van der Waals surface area contributed by atoms with E-state index in [-0.39, 0.29) is 0 Å². The van der Waals surface area contributed by atoms with Crippen molar-refractivity contribution in [2.45, 2.75) is 110 Å². The molecule has 3 unspecified atom stereocenters. The van der Waals surface area contributed by atoms with E-state index in [2.05, 4.69) is 26.2 Å². The van der Waals surface area contributed by atoms with Gasteiger partial charge in [0.2, 0.25) is 0 Å². The Balaban J connectivity index is 1.93. The van der Waals surface area contributed by atoms with E-state index in [9.17, 15) is 0 Å². The van der Waals surface area contributed by atoms with Gasteiger partial charge in [-0.25, -0.2) is 0 Å². The molecule has 1 rings (SSSR count). The van der Waals surface area contributed by atoms with Gasteiger partial charge in [0.05, 0.1) is 0 Å². The van der Waals surface area contributed by atoms with E-state index in [4.69, 9.17) is 0 Å². The molecule has 1 nitrogen and oxygen atoms in total. The summed E-state index contributed by atoms with van der Waals surface area (Å²) in [6, 6.07) is 0.805. The Bertz CT molecular complexity index is 226. The van der Waals surface area contributed by atoms with Gasteiger partial charge in [-0.2, -0.15) is 0 Å². The van der Waals surface area contributed by atoms with E-state index in [0.717, 1.165) is 17.9 Å². The Kier molecular flexibility index (Phi) is 11.3. The number of hydrogen-bond donors (Lipinski definition) is 1. The highest BCUT2D eigenvalue weighted by atomic mass is 14.9. The Morgan fingerprint density at radius 3 is 1.95 bits per heavy atom. The highest BCUT2D eigenvalue weighted by Crippen LogP contribution is 2.32. The Hall–Kier alpha value is -0.0400. The van der Waals surface area contributed by atoms with Crippen LogP contribution in [0.15, 0.2) is 0 Å². The maximum absolute atomic E-state index is 3.56. The van der Waals surface area contributed by atoms with Crippen LogP contribution >= 0.6 is 0 Å². The normalized spacial score (nSPS) is 26.1. The van der Waals surface area contributed by atoms with Crippen LogP contribution in [-0.4, -0.2) is 13.1 Å². The van der Waals surface area contributed by atoms with Crippen molar-refractivity contribution in [3.63, 3.8) is 0 Å². The fourth-order valence-corrected chi connectivity index (χ4v) is 4.09. The molecular formula is C20H41N. The largest absolute Gasteiger partial charge is 0.317 e. The molecule has 0 radical (unpaired) electrons. The van der Waals surface area contributed by atoms with E-state index in [1.807, 2.05) is 0 Å². The van der Waals surface area contributed by atoms with E-state index in [0.29, 0.717) is 0 Å². The molecular weight excluding hydrogens is 254 g/mol. The van der Waals surface area contributed by atoms with Gasteiger partial charge in [-0.1, -0.05) is 78.1 Å². The third kappa shape index (κ3) is 8.86. The smallest absolute Gasteiger partial charge is 0.00925 e. The fraction of sp³-hybridized carbons (Fsp3) is 1.00. The third-order valence-corrected chi connectivity index (χ3v) is 5.54. The summed E-state index contributed by atoms with van der Waals surface area (Å²) in [6.07, 6.45) is 20.3. The minimum Gasteiger partial charge on any atom is -0.317 e. The minimum absolute atomic E-state index is 0.805. The van der Waals surface area contributed by atoms with Crippen molar-refractivity contribution < 1.29 is 0 Å². The molecule has 0 aliphatic heterocycles. The van der Waals surface area contributed by atoms with E-state index in [1.165, 1.54) is 89.9 Å². The maximum Gasteiger partial charge on any atom is 0.00925 e. The SMILES string of the molecule is CCCCCCCCCCCCC1CC(C)CCC1NC. The molecule has 0 saturated heterocycles. The van der Waals surface area contributed by atoms with Crippen molar-refractivity contribution in [3.05, 3.63) is 0 Å². The first-order chi connectivity index (χ1) is 10.3. The van der Waals surface area contributed by atoms with Crippen molar-refractivity contribution >= 4 is 0 Å². The zero-order valence-electron chi connectivity index (χ0n) is 15.1. The molecule has 1 N–H and O–H groups in total. The Morgan fingerprint density at radius 1 is 0.810 bits per heavy atom. The summed E-state index contributed by atoms with van der Waals surface area (Å²) >= 11 is 0. The van der Waals surface area contributed by atoms with Crippen molar-refractivity contribution in [2.75, 3.05) is 7.05 Å². The number of unbranched alkanes of at least 4 members (excludes halogenated alkanes) is 9. The van der Waals surface area contributed by atoms with Gasteiger partial charge in [0, 0.05) is 6.04 Å². The average Bonchev–Trinajstić information content (AvgIpc) is 2.49. The summed E-state index contributed by atoms with van der Waals surface area (Å²) < 4.78 is 0. The molecule has 1 aliphatic carbocycles. The summed E-state index contributed by atoms with van der Waals surface area (Å²) in [7, 11) is 2.16. The van der Waals surface area contributed by atoms with Gasteiger partial charge in [0.25, 0.3) is 0 Å². The van der Waals surface area contributed by atoms with Crippen LogP contribution in [0.25, 0.3) is 0 Å². The van der Waals surface area contributed by atoms with Gasteiger partial charge in [0.15, 0.2) is 0 Å². The van der Waals surface area contributed by atoms with E-state index >= 15 is 0 Å². The number of hydrogen-bond acceptors (Lipinski definition) is 1. The van der Waals surface area contributed by atoms with Gasteiger partial charge in [-0.05, 0) is 44.6 Å². The predicted octanol–water partition coefficient (Wildman–Crippen LogP) is 6.32. The van der Waals surface area contributed by atoms with Crippen LogP contribution in [0.3, 0.4) is 0 Å². The van der Waals surface area contributed by atoms with Crippen LogP contribution in [0, 0.1) is 11.8 Å². The van der Waals surface area contributed by atoms with Gasteiger partial charge < -0.3 is 5.32 Å². The summed E-state index contributed by atoms with van der Waals surface area (Å²) in [6.45, 7) is 4.74. The lowest BCUT2D eigenvalue weighted by atomic mass is 9.76. The summed E-state index contributed by atoms with van der Waals surface area (Å²) in [5.41, 5.74) is 0. The molecule has 0 bridgehead atoms. The van der Waals surface area contributed by atoms with Crippen molar-refractivity contribution in [1.82, 2.24) is 5.32 Å². The van der Waals surface area contributed by atoms with Crippen LogP contribution in [0.2, 0.25) is 0 Å². The molecule has 21 heavy (non-hydrogen) atoms. The summed E-state index contributed by atoms with van der Waals surface area (Å²) in [4.78, 5) is 0. The first-order valence-electron chi connectivity index (χ1n) is 9.95. The Labute approximate surface area is 134 Å². The number of nitrogens with one attached hydrogen (secondary N) is 1. The molecule has 1 aliphatic rings. The van der Waals surface area contributed by atoms with Crippen LogP contribution in [0.5, 0.6) is 0 Å². The van der Waals surface area contributed by atoms with Gasteiger partial charge >= 0.3 is 0 Å². The lowest BCUT2D eigenvalue weighted by molar-refractivity contribution is 0.206. The lowest BCUT2D eigenvalue weighted by Gasteiger charge is -2.35. The first-order valence-corrected chi connectivity index (χ1v) is 9.95. The Morgan fingerprint density at radius 2 is 1.38 bits per heavy atom. The minimum atomic E-state index is 0.805. The molecule has 0 spiro atoms. The summed E-state index contributed by atoms with van der Waals surface area (Å²) in [5.74, 6) is 1.91. The second-order valence-corrected chi connectivity index (χ2v) is 7.54. The van der Waals surface area contributed by atoms with Crippen LogP contribution < -0.4 is 5.32 Å². The number of rotatable bonds is 12. The molecule has 1 heteroatoms. The predicted molar refractivity (Wildman–Crippen MR) is 95.8 cm³/mol. The van der Waals surface area contributed by atoms with Crippen molar-refractivity contribution in [2.24, 2.45) is 11.8 Å². The topological polar surface area (TPSA) is 12.0 Å². The maximum atomic E-state index is 3.56. The van der Waals surface area contributed by atoms with Crippen LogP contribution in [-0.2, 0) is 0 Å². The van der Waals surface area contributed by atoms with Crippen molar-refractivity contribution in [3.8, 4) is 0 Å². The van der Waals surface area contributed by atoms with Gasteiger partial charge in [-0.15, -0.1) is 0 Å². The molecule has 126 valence electrons. The van der Waals surface area contributed by atoms with E-state index < -0.39 is 0 Å². The second kappa shape index (κ2) is 12.5. The van der Waals surface area contributed by atoms with Gasteiger partial charge in [0.1, 0.15) is 0 Å². The van der Waals surface area contributed by atoms with Crippen molar-refractivity contribution in [1.29, 1.82) is 0 Å². The third-order valence-electron chi connectivity index (χ3n) is 5.54. The summed E-state index contributed by atoms with van der Waals surface area (Å²) in [5, 5.41) is 3.56. The molecule has 0 aromatic rings. The quantitative estimate of drug-likeness (QED) is 0.415. The van der Waals surface area contributed by atoms with E-state index in [1.54, 1.807) is 0 Å². The highest BCUT2D eigenvalue weighted by Gasteiger charge is 2.26. The molecule has 1 saturated carbocycles. The zero-order chi connectivity index (χ0) is 15.3. The molecule has 0 aromatic carbocycles.